The molecule has 132 valence electrons. The highest BCUT2D eigenvalue weighted by molar-refractivity contribution is 5.96. The lowest BCUT2D eigenvalue weighted by molar-refractivity contribution is -0.139. The highest BCUT2D eigenvalue weighted by atomic mass is 19.4. The number of rotatable bonds is 5. The van der Waals surface area contributed by atoms with Crippen LogP contribution < -0.4 is 5.32 Å². The SMILES string of the molecule is Cc1ccc([C@H](CC(=O)O)NC(=O)c2ccccc2C(F)(F)F)cc1. The number of hydrogen-bond acceptors (Lipinski definition) is 2. The third-order valence-corrected chi connectivity index (χ3v) is 3.64. The average Bonchev–Trinajstić information content (AvgIpc) is 2.53. The van der Waals surface area contributed by atoms with Gasteiger partial charge in [0.05, 0.1) is 23.6 Å². The number of alkyl halides is 3. The molecule has 0 saturated carbocycles. The van der Waals surface area contributed by atoms with E-state index in [4.69, 9.17) is 5.11 Å². The minimum atomic E-state index is -4.68. The van der Waals surface area contributed by atoms with Gasteiger partial charge in [-0.3, -0.25) is 9.59 Å². The maximum atomic E-state index is 13.0. The van der Waals surface area contributed by atoms with Crippen LogP contribution in [0.5, 0.6) is 0 Å². The first-order valence-corrected chi connectivity index (χ1v) is 7.44. The molecule has 0 radical (unpaired) electrons. The van der Waals surface area contributed by atoms with Crippen molar-refractivity contribution in [2.75, 3.05) is 0 Å². The van der Waals surface area contributed by atoms with Crippen molar-refractivity contribution >= 4 is 11.9 Å². The van der Waals surface area contributed by atoms with Crippen molar-refractivity contribution in [3.05, 3.63) is 70.8 Å². The number of amides is 1. The average molecular weight is 351 g/mol. The number of carboxylic acid groups (broad SMARTS) is 1. The van der Waals surface area contributed by atoms with Gasteiger partial charge in [-0.25, -0.2) is 0 Å². The minimum absolute atomic E-state index is 0.441. The third kappa shape index (κ3) is 4.82. The van der Waals surface area contributed by atoms with Gasteiger partial charge in [0.2, 0.25) is 0 Å². The Morgan fingerprint density at radius 2 is 1.68 bits per heavy atom. The number of nitrogens with one attached hydrogen (secondary N) is 1. The second-order valence-electron chi connectivity index (χ2n) is 5.58. The molecule has 25 heavy (non-hydrogen) atoms. The number of benzene rings is 2. The number of carbonyl (C=O) groups is 2. The molecule has 2 aromatic rings. The van der Waals surface area contributed by atoms with E-state index < -0.39 is 41.6 Å². The predicted octanol–water partition coefficient (Wildman–Crippen LogP) is 3.96. The fourth-order valence-corrected chi connectivity index (χ4v) is 2.39. The van der Waals surface area contributed by atoms with Gasteiger partial charge in [0.15, 0.2) is 0 Å². The van der Waals surface area contributed by atoms with Gasteiger partial charge < -0.3 is 10.4 Å². The number of aliphatic carboxylic acids is 1. The predicted molar refractivity (Wildman–Crippen MR) is 85.1 cm³/mol. The Kier molecular flexibility index (Phi) is 5.46. The molecule has 7 heteroatoms. The van der Waals surface area contributed by atoms with Crippen molar-refractivity contribution < 1.29 is 27.9 Å². The van der Waals surface area contributed by atoms with Crippen LogP contribution in [0.1, 0.15) is 39.5 Å². The van der Waals surface area contributed by atoms with E-state index in [0.29, 0.717) is 5.56 Å². The molecule has 0 fully saturated rings. The summed E-state index contributed by atoms with van der Waals surface area (Å²) in [6, 6.07) is 10.2. The number of aryl methyl sites for hydroxylation is 1. The largest absolute Gasteiger partial charge is 0.481 e. The maximum absolute atomic E-state index is 13.0. The van der Waals surface area contributed by atoms with Crippen molar-refractivity contribution in [1.29, 1.82) is 0 Å². The second-order valence-corrected chi connectivity index (χ2v) is 5.58. The summed E-state index contributed by atoms with van der Waals surface area (Å²) in [6.45, 7) is 1.84. The molecule has 0 unspecified atom stereocenters. The van der Waals surface area contributed by atoms with Crippen LogP contribution in [0.3, 0.4) is 0 Å². The molecule has 0 aliphatic carbocycles. The van der Waals surface area contributed by atoms with E-state index >= 15 is 0 Å². The van der Waals surface area contributed by atoms with E-state index in [1.54, 1.807) is 24.3 Å². The van der Waals surface area contributed by atoms with Gasteiger partial charge in [0, 0.05) is 0 Å². The second kappa shape index (κ2) is 7.38. The Morgan fingerprint density at radius 1 is 1.08 bits per heavy atom. The zero-order valence-electron chi connectivity index (χ0n) is 13.3. The first-order valence-electron chi connectivity index (χ1n) is 7.44. The van der Waals surface area contributed by atoms with E-state index in [-0.39, 0.29) is 0 Å². The van der Waals surface area contributed by atoms with Gasteiger partial charge in [0.25, 0.3) is 5.91 Å². The van der Waals surface area contributed by atoms with Crippen LogP contribution >= 0.6 is 0 Å². The van der Waals surface area contributed by atoms with Crippen LogP contribution in [0.4, 0.5) is 13.2 Å². The van der Waals surface area contributed by atoms with Gasteiger partial charge in [-0.15, -0.1) is 0 Å². The van der Waals surface area contributed by atoms with Gasteiger partial charge in [-0.05, 0) is 24.6 Å². The van der Waals surface area contributed by atoms with Crippen LogP contribution in [-0.4, -0.2) is 17.0 Å². The van der Waals surface area contributed by atoms with Crippen LogP contribution in [0.2, 0.25) is 0 Å². The van der Waals surface area contributed by atoms with Gasteiger partial charge in [-0.2, -0.15) is 13.2 Å². The Morgan fingerprint density at radius 3 is 2.24 bits per heavy atom. The number of hydrogen-bond donors (Lipinski definition) is 2. The molecule has 0 aromatic heterocycles. The lowest BCUT2D eigenvalue weighted by atomic mass is 10.0. The topological polar surface area (TPSA) is 66.4 Å². The molecule has 0 saturated heterocycles. The standard InChI is InChI=1S/C18H16F3NO3/c1-11-6-8-12(9-7-11)15(10-16(23)24)22-17(25)13-4-2-3-5-14(13)18(19,20)21/h2-9,15H,10H2,1H3,(H,22,25)(H,23,24)/t15-/m0/s1. The molecule has 1 amide bonds. The smallest absolute Gasteiger partial charge is 0.417 e. The molecule has 2 N–H and O–H groups in total. The quantitative estimate of drug-likeness (QED) is 0.857. The van der Waals surface area contributed by atoms with E-state index in [0.717, 1.165) is 17.7 Å². The van der Waals surface area contributed by atoms with Crippen LogP contribution in [0.15, 0.2) is 48.5 Å². The number of carboxylic acids is 1. The molecule has 0 bridgehead atoms. The fraction of sp³-hybridized carbons (Fsp3) is 0.222. The summed E-state index contributed by atoms with van der Waals surface area (Å²) in [5.41, 5.74) is -0.166. The number of halogens is 3. The van der Waals surface area contributed by atoms with Crippen molar-refractivity contribution in [2.45, 2.75) is 25.6 Å². The maximum Gasteiger partial charge on any atom is 0.417 e. The third-order valence-electron chi connectivity index (χ3n) is 3.64. The van der Waals surface area contributed by atoms with Crippen molar-refractivity contribution in [3.8, 4) is 0 Å². The molecular formula is C18H16F3NO3. The molecule has 2 aromatic carbocycles. The summed E-state index contributed by atoms with van der Waals surface area (Å²) in [7, 11) is 0. The first-order chi connectivity index (χ1) is 11.7. The van der Waals surface area contributed by atoms with Gasteiger partial charge in [-0.1, -0.05) is 42.0 Å². The summed E-state index contributed by atoms with van der Waals surface area (Å²) in [5, 5.41) is 11.4. The van der Waals surface area contributed by atoms with Crippen LogP contribution in [-0.2, 0) is 11.0 Å². The zero-order chi connectivity index (χ0) is 18.6. The van der Waals surface area contributed by atoms with Crippen LogP contribution in [0.25, 0.3) is 0 Å². The molecule has 0 aliphatic rings. The molecule has 1 atom stereocenters. The highest BCUT2D eigenvalue weighted by Gasteiger charge is 2.35. The van der Waals surface area contributed by atoms with Crippen molar-refractivity contribution in [2.24, 2.45) is 0 Å². The van der Waals surface area contributed by atoms with E-state index in [1.807, 2.05) is 6.92 Å². The van der Waals surface area contributed by atoms with Crippen molar-refractivity contribution in [3.63, 3.8) is 0 Å². The van der Waals surface area contributed by atoms with E-state index in [1.165, 1.54) is 12.1 Å². The summed E-state index contributed by atoms with van der Waals surface area (Å²) >= 11 is 0. The Hall–Kier alpha value is -2.83. The molecule has 4 nitrogen and oxygen atoms in total. The summed E-state index contributed by atoms with van der Waals surface area (Å²) < 4.78 is 39.1. The molecule has 0 aliphatic heterocycles. The monoisotopic (exact) mass is 351 g/mol. The summed E-state index contributed by atoms with van der Waals surface area (Å²) in [6.07, 6.45) is -5.12. The normalized spacial score (nSPS) is 12.5. The lowest BCUT2D eigenvalue weighted by Crippen LogP contribution is -2.31. The molecular weight excluding hydrogens is 335 g/mol. The first kappa shape index (κ1) is 18.5. The van der Waals surface area contributed by atoms with E-state index in [2.05, 4.69) is 5.32 Å². The summed E-state index contributed by atoms with van der Waals surface area (Å²) in [5.74, 6) is -2.14. The number of carbonyl (C=O) groups excluding carboxylic acids is 1. The van der Waals surface area contributed by atoms with Gasteiger partial charge in [0.1, 0.15) is 0 Å². The highest BCUT2D eigenvalue weighted by Crippen LogP contribution is 2.32. The van der Waals surface area contributed by atoms with Gasteiger partial charge >= 0.3 is 12.1 Å². The van der Waals surface area contributed by atoms with Crippen molar-refractivity contribution in [1.82, 2.24) is 5.32 Å². The Labute approximate surface area is 142 Å². The Bertz CT molecular complexity index is 770. The fourth-order valence-electron chi connectivity index (χ4n) is 2.39. The van der Waals surface area contributed by atoms with Crippen LogP contribution in [0, 0.1) is 6.92 Å². The Balaban J connectivity index is 2.32. The summed E-state index contributed by atoms with van der Waals surface area (Å²) in [4.78, 5) is 23.4. The van der Waals surface area contributed by atoms with E-state index in [9.17, 15) is 22.8 Å². The molecule has 0 heterocycles. The lowest BCUT2D eigenvalue weighted by Gasteiger charge is -2.19. The minimum Gasteiger partial charge on any atom is -0.481 e. The zero-order valence-corrected chi connectivity index (χ0v) is 13.3. The molecule has 0 spiro atoms. The molecule has 2 rings (SSSR count).